The Morgan fingerprint density at radius 1 is 1.60 bits per heavy atom. The van der Waals surface area contributed by atoms with Gasteiger partial charge < -0.3 is 9.84 Å². The van der Waals surface area contributed by atoms with E-state index in [1.807, 2.05) is 0 Å². The number of ether oxygens (including phenoxy) is 1. The fraction of sp³-hybridized carbons (Fsp3) is 1.00. The lowest BCUT2D eigenvalue weighted by atomic mass is 9.81. The highest BCUT2D eigenvalue weighted by Crippen LogP contribution is 2.30. The first-order valence-electron chi connectivity index (χ1n) is 4.00. The summed E-state index contributed by atoms with van der Waals surface area (Å²) >= 11 is 0. The second-order valence-corrected chi connectivity index (χ2v) is 3.14. The molecule has 1 atom stereocenters. The molecule has 0 aliphatic heterocycles. The third kappa shape index (κ3) is 2.27. The Morgan fingerprint density at radius 3 is 2.70 bits per heavy atom. The molecule has 1 rings (SSSR count). The SMILES string of the molecule is COCC(O)CC1CCC1. The van der Waals surface area contributed by atoms with Gasteiger partial charge in [-0.15, -0.1) is 0 Å². The monoisotopic (exact) mass is 144 g/mol. The molecule has 0 heterocycles. The van der Waals surface area contributed by atoms with Gasteiger partial charge in [0.15, 0.2) is 0 Å². The van der Waals surface area contributed by atoms with Crippen molar-refractivity contribution in [2.24, 2.45) is 5.92 Å². The van der Waals surface area contributed by atoms with Gasteiger partial charge in [-0.05, 0) is 12.3 Å². The summed E-state index contributed by atoms with van der Waals surface area (Å²) < 4.78 is 4.82. The fourth-order valence-electron chi connectivity index (χ4n) is 1.37. The van der Waals surface area contributed by atoms with Gasteiger partial charge in [0.05, 0.1) is 12.7 Å². The van der Waals surface area contributed by atoms with Gasteiger partial charge in [0.2, 0.25) is 0 Å². The highest BCUT2D eigenvalue weighted by Gasteiger charge is 2.20. The van der Waals surface area contributed by atoms with Crippen LogP contribution in [0, 0.1) is 5.92 Å². The van der Waals surface area contributed by atoms with Gasteiger partial charge in [0.1, 0.15) is 0 Å². The maximum atomic E-state index is 9.26. The normalized spacial score (nSPS) is 22.2. The van der Waals surface area contributed by atoms with E-state index in [1.165, 1.54) is 19.3 Å². The Kier molecular flexibility index (Phi) is 3.16. The van der Waals surface area contributed by atoms with Crippen LogP contribution in [-0.4, -0.2) is 24.9 Å². The van der Waals surface area contributed by atoms with Crippen molar-refractivity contribution in [2.75, 3.05) is 13.7 Å². The van der Waals surface area contributed by atoms with E-state index < -0.39 is 0 Å². The molecule has 60 valence electrons. The van der Waals surface area contributed by atoms with Crippen molar-refractivity contribution < 1.29 is 9.84 Å². The van der Waals surface area contributed by atoms with Crippen LogP contribution in [0.25, 0.3) is 0 Å². The standard InChI is InChI=1S/C8H16O2/c1-10-6-8(9)5-7-3-2-4-7/h7-9H,2-6H2,1H3. The highest BCUT2D eigenvalue weighted by molar-refractivity contribution is 4.72. The Hall–Kier alpha value is -0.0800. The van der Waals surface area contributed by atoms with Gasteiger partial charge >= 0.3 is 0 Å². The minimum absolute atomic E-state index is 0.227. The third-order valence-electron chi connectivity index (χ3n) is 2.19. The summed E-state index contributed by atoms with van der Waals surface area (Å²) in [4.78, 5) is 0. The first kappa shape index (κ1) is 8.02. The van der Waals surface area contributed by atoms with Gasteiger partial charge in [-0.1, -0.05) is 19.3 Å². The summed E-state index contributed by atoms with van der Waals surface area (Å²) in [6.45, 7) is 0.497. The summed E-state index contributed by atoms with van der Waals surface area (Å²) in [6.07, 6.45) is 4.68. The number of methoxy groups -OCH3 is 1. The van der Waals surface area contributed by atoms with E-state index in [4.69, 9.17) is 4.74 Å². The van der Waals surface area contributed by atoms with Crippen LogP contribution < -0.4 is 0 Å². The van der Waals surface area contributed by atoms with Gasteiger partial charge in [-0.25, -0.2) is 0 Å². The van der Waals surface area contributed by atoms with E-state index in [-0.39, 0.29) is 6.10 Å². The smallest absolute Gasteiger partial charge is 0.0776 e. The molecule has 1 saturated carbocycles. The van der Waals surface area contributed by atoms with E-state index in [9.17, 15) is 5.11 Å². The number of hydrogen-bond donors (Lipinski definition) is 1. The zero-order chi connectivity index (χ0) is 7.40. The lowest BCUT2D eigenvalue weighted by Gasteiger charge is -2.27. The molecule has 0 amide bonds. The summed E-state index contributed by atoms with van der Waals surface area (Å²) in [5.74, 6) is 0.783. The van der Waals surface area contributed by atoms with E-state index >= 15 is 0 Å². The third-order valence-corrected chi connectivity index (χ3v) is 2.19. The van der Waals surface area contributed by atoms with Crippen LogP contribution in [0.1, 0.15) is 25.7 Å². The van der Waals surface area contributed by atoms with Crippen LogP contribution in [0.3, 0.4) is 0 Å². The van der Waals surface area contributed by atoms with Gasteiger partial charge in [0, 0.05) is 7.11 Å². The van der Waals surface area contributed by atoms with Gasteiger partial charge in [-0.2, -0.15) is 0 Å². The quantitative estimate of drug-likeness (QED) is 0.642. The van der Waals surface area contributed by atoms with Crippen molar-refractivity contribution in [1.82, 2.24) is 0 Å². The minimum Gasteiger partial charge on any atom is -0.391 e. The van der Waals surface area contributed by atoms with Gasteiger partial charge in [0.25, 0.3) is 0 Å². The number of aliphatic hydroxyl groups excluding tert-OH is 1. The van der Waals surface area contributed by atoms with Crippen molar-refractivity contribution in [3.8, 4) is 0 Å². The molecule has 1 aliphatic rings. The zero-order valence-corrected chi connectivity index (χ0v) is 6.55. The molecule has 0 bridgehead atoms. The van der Waals surface area contributed by atoms with Crippen molar-refractivity contribution in [3.63, 3.8) is 0 Å². The molecule has 2 heteroatoms. The van der Waals surface area contributed by atoms with E-state index in [1.54, 1.807) is 7.11 Å². The molecule has 0 aromatic heterocycles. The molecule has 0 spiro atoms. The summed E-state index contributed by atoms with van der Waals surface area (Å²) in [5.41, 5.74) is 0. The maximum Gasteiger partial charge on any atom is 0.0776 e. The first-order chi connectivity index (χ1) is 4.83. The summed E-state index contributed by atoms with van der Waals surface area (Å²) in [6, 6.07) is 0. The lowest BCUT2D eigenvalue weighted by Crippen LogP contribution is -2.22. The Bertz CT molecular complexity index is 89.3. The molecule has 1 aliphatic carbocycles. The van der Waals surface area contributed by atoms with Crippen molar-refractivity contribution in [3.05, 3.63) is 0 Å². The summed E-state index contributed by atoms with van der Waals surface area (Å²) in [5, 5.41) is 9.26. The van der Waals surface area contributed by atoms with Crippen LogP contribution in [0.2, 0.25) is 0 Å². The summed E-state index contributed by atoms with van der Waals surface area (Å²) in [7, 11) is 1.63. The molecule has 0 radical (unpaired) electrons. The molecule has 0 aromatic rings. The second kappa shape index (κ2) is 3.94. The van der Waals surface area contributed by atoms with Gasteiger partial charge in [-0.3, -0.25) is 0 Å². The predicted octanol–water partition coefficient (Wildman–Crippen LogP) is 1.18. The fourth-order valence-corrected chi connectivity index (χ4v) is 1.37. The van der Waals surface area contributed by atoms with Crippen LogP contribution >= 0.6 is 0 Å². The number of hydrogen-bond acceptors (Lipinski definition) is 2. The minimum atomic E-state index is -0.227. The molecule has 1 unspecified atom stereocenters. The van der Waals surface area contributed by atoms with Crippen LogP contribution in [0.5, 0.6) is 0 Å². The average molecular weight is 144 g/mol. The number of rotatable bonds is 4. The van der Waals surface area contributed by atoms with Crippen LogP contribution in [0.15, 0.2) is 0 Å². The Balaban J connectivity index is 1.99. The van der Waals surface area contributed by atoms with E-state index in [0.29, 0.717) is 6.61 Å². The van der Waals surface area contributed by atoms with Crippen LogP contribution in [0.4, 0.5) is 0 Å². The largest absolute Gasteiger partial charge is 0.391 e. The first-order valence-corrected chi connectivity index (χ1v) is 4.00. The average Bonchev–Trinajstić information content (AvgIpc) is 1.80. The molecule has 10 heavy (non-hydrogen) atoms. The maximum absolute atomic E-state index is 9.26. The number of aliphatic hydroxyl groups is 1. The van der Waals surface area contributed by atoms with E-state index in [0.717, 1.165) is 12.3 Å². The molecule has 0 saturated heterocycles. The topological polar surface area (TPSA) is 29.5 Å². The highest BCUT2D eigenvalue weighted by atomic mass is 16.5. The lowest BCUT2D eigenvalue weighted by molar-refractivity contribution is 0.0385. The molecule has 0 aromatic carbocycles. The molecular weight excluding hydrogens is 128 g/mol. The van der Waals surface area contributed by atoms with Crippen molar-refractivity contribution >= 4 is 0 Å². The zero-order valence-electron chi connectivity index (χ0n) is 6.55. The van der Waals surface area contributed by atoms with Crippen molar-refractivity contribution in [2.45, 2.75) is 31.8 Å². The Morgan fingerprint density at radius 2 is 2.30 bits per heavy atom. The Labute approximate surface area is 62.2 Å². The van der Waals surface area contributed by atoms with Crippen LogP contribution in [-0.2, 0) is 4.74 Å². The molecule has 2 nitrogen and oxygen atoms in total. The predicted molar refractivity (Wildman–Crippen MR) is 39.8 cm³/mol. The molecule has 1 fully saturated rings. The second-order valence-electron chi connectivity index (χ2n) is 3.14. The molecular formula is C8H16O2. The molecule has 1 N–H and O–H groups in total. The van der Waals surface area contributed by atoms with E-state index in [2.05, 4.69) is 0 Å². The van der Waals surface area contributed by atoms with Crippen molar-refractivity contribution in [1.29, 1.82) is 0 Å².